The molecule has 4 aliphatic rings. The number of rotatable bonds is 16. The Kier molecular flexibility index (Phi) is 15.6. The molecule has 6 atom stereocenters. The van der Waals surface area contributed by atoms with Crippen LogP contribution >= 0.6 is 11.3 Å². The van der Waals surface area contributed by atoms with Crippen molar-refractivity contribution in [3.05, 3.63) is 125 Å². The summed E-state index contributed by atoms with van der Waals surface area (Å²) in [5.41, 5.74) is 9.38. The van der Waals surface area contributed by atoms with E-state index in [1.165, 1.54) is 15.6 Å². The highest BCUT2D eigenvalue weighted by molar-refractivity contribution is 7.23. The molecule has 4 saturated heterocycles. The van der Waals surface area contributed by atoms with Crippen molar-refractivity contribution in [3.63, 3.8) is 0 Å². The number of likely N-dealkylation sites (tertiary alicyclic amines) is 1. The van der Waals surface area contributed by atoms with E-state index in [0.717, 1.165) is 46.6 Å². The van der Waals surface area contributed by atoms with Crippen LogP contribution in [-0.2, 0) is 27.1 Å². The number of hydrogen-bond donors (Lipinski definition) is 5. The van der Waals surface area contributed by atoms with Gasteiger partial charge in [0.15, 0.2) is 5.75 Å². The summed E-state index contributed by atoms with van der Waals surface area (Å²) in [5.74, 6) is -2.19. The molecule has 2 amide bonds. The van der Waals surface area contributed by atoms with Gasteiger partial charge in [0.2, 0.25) is 11.8 Å². The summed E-state index contributed by atoms with van der Waals surface area (Å²) in [6.45, 7) is 6.73. The first-order valence-corrected chi connectivity index (χ1v) is 28.9. The van der Waals surface area contributed by atoms with Crippen molar-refractivity contribution < 1.29 is 51.6 Å². The first kappa shape index (κ1) is 57.1. The molecule has 0 radical (unpaired) electrons. The summed E-state index contributed by atoms with van der Waals surface area (Å²) in [7, 11) is 0. The lowest BCUT2D eigenvalue weighted by Gasteiger charge is -2.31. The molecule has 2 bridgehead atoms. The van der Waals surface area contributed by atoms with E-state index in [1.54, 1.807) is 42.9 Å². The molecule has 0 spiro atoms. The molecule has 85 heavy (non-hydrogen) atoms. The van der Waals surface area contributed by atoms with Crippen LogP contribution in [0.2, 0.25) is 0 Å². The van der Waals surface area contributed by atoms with Crippen LogP contribution in [0.25, 0.3) is 54.5 Å². The minimum Gasteiger partial charge on any atom is -0.486 e. The van der Waals surface area contributed by atoms with Gasteiger partial charge in [-0.15, -0.1) is 16.4 Å². The average Bonchev–Trinajstić information content (AvgIpc) is 1.84. The third-order valence-corrected chi connectivity index (χ3v) is 17.5. The highest BCUT2D eigenvalue weighted by atomic mass is 32.1. The Balaban J connectivity index is 0.844. The number of thiophene rings is 1. The Bertz CT molecular complexity index is 3890. The van der Waals surface area contributed by atoms with E-state index in [4.69, 9.17) is 29.9 Å². The van der Waals surface area contributed by atoms with Gasteiger partial charge in [0, 0.05) is 85.3 Å². The van der Waals surface area contributed by atoms with Gasteiger partial charge in [0.1, 0.15) is 58.7 Å². The van der Waals surface area contributed by atoms with Crippen LogP contribution in [0, 0.1) is 30.0 Å². The van der Waals surface area contributed by atoms with E-state index in [9.17, 15) is 25.1 Å². The smallest absolute Gasteiger partial charge is 0.417 e. The number of anilines is 2. The molecule has 4 aromatic carbocycles. The van der Waals surface area contributed by atoms with E-state index in [-0.39, 0.29) is 98.4 Å². The number of fused-ring (bicyclic) bond motifs is 4. The van der Waals surface area contributed by atoms with Crippen LogP contribution < -0.4 is 30.7 Å². The zero-order valence-electron chi connectivity index (χ0n) is 46.5. The number of nitriles is 1. The fourth-order valence-electron chi connectivity index (χ4n) is 12.2. The molecule has 0 aliphatic carbocycles. The van der Waals surface area contributed by atoms with Gasteiger partial charge in [-0.3, -0.25) is 14.6 Å². The number of pyridine rings is 1. The summed E-state index contributed by atoms with van der Waals surface area (Å²) in [4.78, 5) is 45.8. The number of aliphatic hydroxyl groups excluding tert-OH is 2. The molecule has 24 heteroatoms. The summed E-state index contributed by atoms with van der Waals surface area (Å²) in [5, 5.41) is 46.7. The number of carbonyl (C=O) groups excluding carboxylic acids is 2. The van der Waals surface area contributed by atoms with Crippen molar-refractivity contribution in [2.45, 2.75) is 102 Å². The number of hydrogen-bond acceptors (Lipinski definition) is 17. The molecule has 4 fully saturated rings. The number of nitrogens with two attached hydrogens (primary N) is 1. The maximum absolute atomic E-state index is 16.0. The lowest BCUT2D eigenvalue weighted by molar-refractivity contribution is -0.142. The SMILES string of the molecule is Cc1cnccc1-c1ccc([C@H](CO)NC(=O)[C@@H]2C[C@@H](O)CN2C(=O)[C@H](C(C)C)n2cc(-c3ccc(COc4c(-c5ccc(F)c6sc(N)c(C#N)c56)c(C(F)(F)F)cc5c(N6C[C@@H]7C[C@H]6CN7)nc(OC6CCOCC6)nc45)cc3)nn2)cc1. The van der Waals surface area contributed by atoms with Gasteiger partial charge >= 0.3 is 12.2 Å². The number of ether oxygens (including phenoxy) is 3. The molecule has 0 unspecified atom stereocenters. The fraction of sp³-hybridized carbons (Fsp3) is 0.377. The largest absolute Gasteiger partial charge is 0.486 e. The summed E-state index contributed by atoms with van der Waals surface area (Å²) >= 11 is 0.761. The van der Waals surface area contributed by atoms with Crippen molar-refractivity contribution in [1.82, 2.24) is 45.5 Å². The van der Waals surface area contributed by atoms with Crippen LogP contribution in [0.4, 0.5) is 28.4 Å². The number of nitrogens with one attached hydrogen (secondary N) is 2. The monoisotopic (exact) mass is 1180 g/mol. The number of piperazine rings is 1. The van der Waals surface area contributed by atoms with Crippen LogP contribution in [-0.4, -0.2) is 127 Å². The summed E-state index contributed by atoms with van der Waals surface area (Å²) in [6.07, 6.45) is 0.524. The normalized spacial score (nSPS) is 19.7. The number of amides is 2. The Hall–Kier alpha value is -8.34. The Morgan fingerprint density at radius 3 is 2.46 bits per heavy atom. The number of aromatic nitrogens is 6. The molecule has 6 N–H and O–H groups in total. The van der Waals surface area contributed by atoms with Gasteiger partial charge < -0.3 is 50.6 Å². The average molecular weight is 1180 g/mol. The van der Waals surface area contributed by atoms with E-state index in [0.29, 0.717) is 61.5 Å². The summed E-state index contributed by atoms with van der Waals surface area (Å²) in [6, 6.07) is 18.6. The molecular formula is C61H60F4N12O7S. The van der Waals surface area contributed by atoms with Crippen LogP contribution in [0.5, 0.6) is 11.8 Å². The zero-order valence-corrected chi connectivity index (χ0v) is 47.3. The molecule has 8 heterocycles. The van der Waals surface area contributed by atoms with Crippen molar-refractivity contribution in [2.24, 2.45) is 5.92 Å². The molecular weight excluding hydrogens is 1120 g/mol. The highest BCUT2D eigenvalue weighted by Crippen LogP contribution is 2.52. The van der Waals surface area contributed by atoms with Gasteiger partial charge in [-0.1, -0.05) is 73.7 Å². The Labute approximate surface area is 489 Å². The summed E-state index contributed by atoms with van der Waals surface area (Å²) < 4.78 is 83.6. The number of benzene rings is 4. The van der Waals surface area contributed by atoms with Crippen molar-refractivity contribution in [2.75, 3.05) is 50.1 Å². The molecule has 8 aromatic rings. The molecule has 440 valence electrons. The number of alkyl halides is 3. The van der Waals surface area contributed by atoms with E-state index < -0.39 is 65.8 Å². The molecule has 12 rings (SSSR count). The maximum Gasteiger partial charge on any atom is 0.417 e. The topological polar surface area (TPSA) is 252 Å². The molecule has 0 saturated carbocycles. The van der Waals surface area contributed by atoms with Crippen molar-refractivity contribution in [3.8, 4) is 51.3 Å². The predicted molar refractivity (Wildman–Crippen MR) is 309 cm³/mol. The quantitative estimate of drug-likeness (QED) is 0.0569. The third kappa shape index (κ3) is 11.1. The second kappa shape index (κ2) is 23.3. The van der Waals surface area contributed by atoms with Gasteiger partial charge in [0.05, 0.1) is 54.0 Å². The number of carbonyl (C=O) groups is 2. The van der Waals surface area contributed by atoms with Crippen LogP contribution in [0.3, 0.4) is 0 Å². The second-order valence-electron chi connectivity index (χ2n) is 22.4. The van der Waals surface area contributed by atoms with Crippen LogP contribution in [0.1, 0.15) is 79.4 Å². The van der Waals surface area contributed by atoms with Gasteiger partial charge in [-0.25, -0.2) is 9.07 Å². The standard InChI is InChI=1S/C61H60F4N12O7S/c1-31(2)53(59(81)76-27-39(79)21-49(76)58(80)70-48(29-78)36-10-8-34(9-11-36)41-14-17-68-24-32(41)3)77-28-47(73-74-77)35-6-4-33(5-7-35)30-83-54-51(42-12-13-46(62)55-50(42)44(23-66)56(67)85-55)45(61(63,64)65)22-43-52(54)71-60(84-40-15-18-82-19-16-40)72-57(43)75-26-37-20-38(75)25-69-37/h4-14,17,22,24,28,31,37-40,48-49,53,69,78-79H,15-16,18-21,25-27,29-30,67H2,1-3H3,(H,70,80)/t37-,38-,39+,48-,49-,53-/m0/s1. The Morgan fingerprint density at radius 1 is 1.01 bits per heavy atom. The zero-order chi connectivity index (χ0) is 59.4. The molecule has 4 aromatic heterocycles. The minimum absolute atomic E-state index is 0.00986. The number of nitrogens with zero attached hydrogens (tertiary/aromatic N) is 9. The maximum atomic E-state index is 16.0. The fourth-order valence-corrected chi connectivity index (χ4v) is 13.2. The van der Waals surface area contributed by atoms with E-state index in [2.05, 4.69) is 25.9 Å². The van der Waals surface area contributed by atoms with Gasteiger partial charge in [-0.2, -0.15) is 28.4 Å². The van der Waals surface area contributed by atoms with Gasteiger partial charge in [-0.05, 0) is 70.8 Å². The number of halogens is 4. The van der Waals surface area contributed by atoms with Crippen LogP contribution in [0.15, 0.2) is 91.4 Å². The number of nitrogen functional groups attached to an aromatic ring is 1. The van der Waals surface area contributed by atoms with E-state index in [1.807, 2.05) is 62.1 Å². The predicted octanol–water partition coefficient (Wildman–Crippen LogP) is 8.45. The minimum atomic E-state index is -5.03. The molecule has 19 nitrogen and oxygen atoms in total. The second-order valence-corrected chi connectivity index (χ2v) is 23.4. The van der Waals surface area contributed by atoms with Crippen molar-refractivity contribution in [1.29, 1.82) is 5.26 Å². The first-order valence-electron chi connectivity index (χ1n) is 28.1. The Morgan fingerprint density at radius 2 is 1.78 bits per heavy atom. The lowest BCUT2D eigenvalue weighted by Crippen LogP contribution is -2.50. The van der Waals surface area contributed by atoms with Gasteiger partial charge in [0.25, 0.3) is 0 Å². The van der Waals surface area contributed by atoms with Crippen molar-refractivity contribution >= 4 is 55.0 Å². The van der Waals surface area contributed by atoms with E-state index >= 15 is 17.6 Å². The first-order chi connectivity index (χ1) is 41.0. The third-order valence-electron chi connectivity index (χ3n) is 16.5. The lowest BCUT2D eigenvalue weighted by atomic mass is 9.92. The number of aryl methyl sites for hydroxylation is 1. The molecule has 4 aliphatic heterocycles. The highest BCUT2D eigenvalue weighted by Gasteiger charge is 2.45. The number of aliphatic hydroxyl groups is 2. The number of β-amino-alcohol motifs (C(OH)–C–C–N with tert-alkyl or cyclic N) is 1.